The maximum Gasteiger partial charge on any atom is 0.428 e. The van der Waals surface area contributed by atoms with Crippen molar-refractivity contribution in [2.24, 2.45) is 0 Å². The first-order valence-electron chi connectivity index (χ1n) is 10.4. The lowest BCUT2D eigenvalue weighted by Crippen LogP contribution is -2.45. The van der Waals surface area contributed by atoms with Crippen molar-refractivity contribution in [2.45, 2.75) is 30.1 Å². The van der Waals surface area contributed by atoms with Gasteiger partial charge in [-0.2, -0.15) is 13.2 Å². The van der Waals surface area contributed by atoms with Gasteiger partial charge in [-0.25, -0.2) is 13.4 Å². The Kier molecular flexibility index (Phi) is 5.91. The SMILES string of the molecule is CCn1c(C(O)(c2ccc(N(C)S(=O)(=O)c3ccccc3)cc2)C(F)(F)F)nc2ccccc21. The molecule has 6 nitrogen and oxygen atoms in total. The van der Waals surface area contributed by atoms with E-state index in [9.17, 15) is 26.7 Å². The summed E-state index contributed by atoms with van der Waals surface area (Å²) in [6.45, 7) is 1.82. The molecule has 0 bridgehead atoms. The number of aromatic nitrogens is 2. The number of benzene rings is 3. The molecule has 178 valence electrons. The van der Waals surface area contributed by atoms with Crippen LogP contribution >= 0.6 is 0 Å². The molecular weight excluding hydrogens is 467 g/mol. The summed E-state index contributed by atoms with van der Waals surface area (Å²) in [7, 11) is -2.61. The van der Waals surface area contributed by atoms with Gasteiger partial charge in [0.15, 0.2) is 5.82 Å². The first kappa shape index (κ1) is 23.8. The second-order valence-electron chi connectivity index (χ2n) is 7.71. The molecule has 0 spiro atoms. The third-order valence-corrected chi connectivity index (χ3v) is 7.55. The third-order valence-electron chi connectivity index (χ3n) is 5.75. The van der Waals surface area contributed by atoms with Crippen molar-refractivity contribution in [1.82, 2.24) is 9.55 Å². The number of halogens is 3. The minimum absolute atomic E-state index is 0.0463. The Hall–Kier alpha value is -3.37. The number of aliphatic hydroxyl groups is 1. The smallest absolute Gasteiger partial charge is 0.370 e. The second-order valence-corrected chi connectivity index (χ2v) is 9.68. The number of rotatable bonds is 6. The summed E-state index contributed by atoms with van der Waals surface area (Å²) in [6.07, 6.45) is -5.09. The van der Waals surface area contributed by atoms with Gasteiger partial charge in [0.05, 0.1) is 21.6 Å². The van der Waals surface area contributed by atoms with E-state index in [1.807, 2.05) is 0 Å². The molecule has 10 heteroatoms. The van der Waals surface area contributed by atoms with Crippen LogP contribution in [0.15, 0.2) is 83.8 Å². The number of fused-ring (bicyclic) bond motifs is 1. The number of hydrogen-bond acceptors (Lipinski definition) is 4. The van der Waals surface area contributed by atoms with Crippen molar-refractivity contribution in [2.75, 3.05) is 11.4 Å². The van der Waals surface area contributed by atoms with Crippen LogP contribution < -0.4 is 4.31 Å². The van der Waals surface area contributed by atoms with Crippen LogP contribution in [0.1, 0.15) is 18.3 Å². The molecule has 4 aromatic rings. The van der Waals surface area contributed by atoms with Gasteiger partial charge in [0.25, 0.3) is 10.0 Å². The molecule has 34 heavy (non-hydrogen) atoms. The Labute approximate surface area is 195 Å². The maximum absolute atomic E-state index is 14.4. The Bertz CT molecular complexity index is 1420. The van der Waals surface area contributed by atoms with E-state index < -0.39 is 33.2 Å². The number of nitrogens with zero attached hydrogens (tertiary/aromatic N) is 3. The van der Waals surface area contributed by atoms with Crippen molar-refractivity contribution in [3.63, 3.8) is 0 Å². The molecular formula is C24H22F3N3O3S. The van der Waals surface area contributed by atoms with Gasteiger partial charge < -0.3 is 9.67 Å². The van der Waals surface area contributed by atoms with Crippen LogP contribution in [0.3, 0.4) is 0 Å². The van der Waals surface area contributed by atoms with Gasteiger partial charge in [-0.05, 0) is 43.3 Å². The number of para-hydroxylation sites is 2. The normalized spacial score (nSPS) is 14.2. The molecule has 0 saturated heterocycles. The highest BCUT2D eigenvalue weighted by molar-refractivity contribution is 7.92. The predicted molar refractivity (Wildman–Crippen MR) is 123 cm³/mol. The number of imidazole rings is 1. The molecule has 1 heterocycles. The van der Waals surface area contributed by atoms with Crippen molar-refractivity contribution in [3.05, 3.63) is 90.3 Å². The zero-order valence-electron chi connectivity index (χ0n) is 18.4. The van der Waals surface area contributed by atoms with Gasteiger partial charge in [0.1, 0.15) is 0 Å². The van der Waals surface area contributed by atoms with E-state index in [1.54, 1.807) is 49.4 Å². The highest BCUT2D eigenvalue weighted by Gasteiger charge is 2.59. The molecule has 1 atom stereocenters. The summed E-state index contributed by atoms with van der Waals surface area (Å²) in [6, 6.07) is 18.8. The molecule has 0 aliphatic rings. The summed E-state index contributed by atoms with van der Waals surface area (Å²) in [5.74, 6) is -0.554. The van der Waals surface area contributed by atoms with E-state index in [4.69, 9.17) is 0 Å². The zero-order chi connectivity index (χ0) is 24.7. The second kappa shape index (κ2) is 8.44. The first-order valence-corrected chi connectivity index (χ1v) is 11.8. The molecule has 1 unspecified atom stereocenters. The van der Waals surface area contributed by atoms with E-state index in [0.29, 0.717) is 11.0 Å². The molecule has 0 amide bonds. The van der Waals surface area contributed by atoms with Gasteiger partial charge in [-0.1, -0.05) is 42.5 Å². The van der Waals surface area contributed by atoms with Gasteiger partial charge in [-0.15, -0.1) is 0 Å². The highest BCUT2D eigenvalue weighted by atomic mass is 32.2. The molecule has 0 radical (unpaired) electrons. The van der Waals surface area contributed by atoms with E-state index in [-0.39, 0.29) is 17.1 Å². The minimum atomic E-state index is -5.09. The maximum atomic E-state index is 14.4. The fourth-order valence-electron chi connectivity index (χ4n) is 3.89. The number of sulfonamides is 1. The van der Waals surface area contributed by atoms with Gasteiger partial charge >= 0.3 is 6.18 Å². The topological polar surface area (TPSA) is 75.4 Å². The lowest BCUT2D eigenvalue weighted by molar-refractivity contribution is -0.252. The number of aryl methyl sites for hydroxylation is 1. The van der Waals surface area contributed by atoms with Crippen LogP contribution in [0.25, 0.3) is 11.0 Å². The van der Waals surface area contributed by atoms with Crippen molar-refractivity contribution >= 4 is 26.7 Å². The summed E-state index contributed by atoms with van der Waals surface area (Å²) >= 11 is 0. The molecule has 0 fully saturated rings. The number of hydrogen-bond donors (Lipinski definition) is 1. The van der Waals surface area contributed by atoms with Gasteiger partial charge in [0.2, 0.25) is 5.60 Å². The summed E-state index contributed by atoms with van der Waals surface area (Å²) in [5.41, 5.74) is -2.95. The van der Waals surface area contributed by atoms with Crippen molar-refractivity contribution in [1.29, 1.82) is 0 Å². The van der Waals surface area contributed by atoms with E-state index in [2.05, 4.69) is 4.98 Å². The van der Waals surface area contributed by atoms with Crippen LogP contribution in [-0.4, -0.2) is 36.3 Å². The van der Waals surface area contributed by atoms with E-state index in [0.717, 1.165) is 16.4 Å². The molecule has 1 N–H and O–H groups in total. The minimum Gasteiger partial charge on any atom is -0.370 e. The standard InChI is InChI=1S/C24H22F3N3O3S/c1-3-30-21-12-8-7-11-20(21)28-22(30)23(31,24(25,26)27)17-13-15-18(16-14-17)29(2)34(32,33)19-9-5-4-6-10-19/h4-16,31H,3H2,1-2H3. The zero-order valence-corrected chi connectivity index (χ0v) is 19.2. The van der Waals surface area contributed by atoms with Crippen LogP contribution in [-0.2, 0) is 22.2 Å². The lowest BCUT2D eigenvalue weighted by atomic mass is 9.91. The molecule has 0 aliphatic carbocycles. The summed E-state index contributed by atoms with van der Waals surface area (Å²) in [4.78, 5) is 4.17. The Morgan fingerprint density at radius 1 is 0.941 bits per heavy atom. The molecule has 1 aromatic heterocycles. The van der Waals surface area contributed by atoms with E-state index in [1.165, 1.54) is 35.9 Å². The molecule has 4 rings (SSSR count). The number of anilines is 1. The Morgan fingerprint density at radius 3 is 2.12 bits per heavy atom. The fraction of sp³-hybridized carbons (Fsp3) is 0.208. The Morgan fingerprint density at radius 2 is 1.53 bits per heavy atom. The molecule has 3 aromatic carbocycles. The van der Waals surface area contributed by atoms with Crippen LogP contribution in [0.4, 0.5) is 18.9 Å². The predicted octanol–water partition coefficient (Wildman–Crippen LogP) is 4.68. The monoisotopic (exact) mass is 489 g/mol. The third kappa shape index (κ3) is 3.72. The Balaban J connectivity index is 1.81. The summed E-state index contributed by atoms with van der Waals surface area (Å²) in [5, 5.41) is 11.1. The van der Waals surface area contributed by atoms with Crippen LogP contribution in [0, 0.1) is 0 Å². The summed E-state index contributed by atoms with van der Waals surface area (Å²) < 4.78 is 71.2. The highest BCUT2D eigenvalue weighted by Crippen LogP contribution is 2.45. The van der Waals surface area contributed by atoms with E-state index >= 15 is 0 Å². The van der Waals surface area contributed by atoms with Crippen LogP contribution in [0.2, 0.25) is 0 Å². The molecule has 0 saturated carbocycles. The van der Waals surface area contributed by atoms with Crippen molar-refractivity contribution < 1.29 is 26.7 Å². The van der Waals surface area contributed by atoms with Gasteiger partial charge in [-0.3, -0.25) is 4.31 Å². The van der Waals surface area contributed by atoms with Crippen LogP contribution in [0.5, 0.6) is 0 Å². The van der Waals surface area contributed by atoms with Gasteiger partial charge in [0, 0.05) is 19.2 Å². The molecule has 0 aliphatic heterocycles. The average Bonchev–Trinajstić information content (AvgIpc) is 3.22. The first-order chi connectivity index (χ1) is 16.0. The average molecular weight is 490 g/mol. The largest absolute Gasteiger partial charge is 0.428 e. The number of alkyl halides is 3. The quantitative estimate of drug-likeness (QED) is 0.427. The lowest BCUT2D eigenvalue weighted by Gasteiger charge is -2.31. The fourth-order valence-corrected chi connectivity index (χ4v) is 5.11. The van der Waals surface area contributed by atoms with Crippen molar-refractivity contribution in [3.8, 4) is 0 Å².